The maximum Gasteiger partial charge on any atom is 0.255 e. The standard InChI is InChI=1S/C10H14ClN3O/c1-6(11)5-12-10(15)9-7(2)13-14(4)8(9)3/h1,5H2,2-4H3,(H,12,15). The SMILES string of the molecule is C=C(Cl)CNC(=O)c1c(C)nn(C)c1C. The lowest BCUT2D eigenvalue weighted by atomic mass is 10.2. The molecule has 0 atom stereocenters. The van der Waals surface area contributed by atoms with Crippen molar-refractivity contribution in [3.05, 3.63) is 28.6 Å². The number of rotatable bonds is 3. The van der Waals surface area contributed by atoms with Gasteiger partial charge in [0.2, 0.25) is 0 Å². The monoisotopic (exact) mass is 227 g/mol. The van der Waals surface area contributed by atoms with Crippen molar-refractivity contribution in [3.63, 3.8) is 0 Å². The van der Waals surface area contributed by atoms with Gasteiger partial charge >= 0.3 is 0 Å². The molecule has 0 aromatic carbocycles. The average molecular weight is 228 g/mol. The van der Waals surface area contributed by atoms with Gasteiger partial charge < -0.3 is 5.32 Å². The van der Waals surface area contributed by atoms with Crippen LogP contribution in [-0.2, 0) is 7.05 Å². The van der Waals surface area contributed by atoms with Crippen molar-refractivity contribution < 1.29 is 4.79 Å². The number of amides is 1. The number of hydrogen-bond acceptors (Lipinski definition) is 2. The molecule has 0 aliphatic rings. The molecule has 0 saturated carbocycles. The molecule has 4 nitrogen and oxygen atoms in total. The molecule has 1 amide bonds. The number of aryl methyl sites for hydroxylation is 2. The van der Waals surface area contributed by atoms with Gasteiger partial charge in [0.25, 0.3) is 5.91 Å². The molecular weight excluding hydrogens is 214 g/mol. The summed E-state index contributed by atoms with van der Waals surface area (Å²) in [5, 5.41) is 7.23. The second kappa shape index (κ2) is 4.49. The molecule has 1 N–H and O–H groups in total. The third kappa shape index (κ3) is 2.59. The van der Waals surface area contributed by atoms with E-state index in [1.807, 2.05) is 6.92 Å². The molecule has 0 radical (unpaired) electrons. The molecule has 15 heavy (non-hydrogen) atoms. The van der Waals surface area contributed by atoms with Gasteiger partial charge in [-0.25, -0.2) is 0 Å². The molecule has 0 fully saturated rings. The van der Waals surface area contributed by atoms with Gasteiger partial charge in [-0.05, 0) is 13.8 Å². The molecule has 82 valence electrons. The topological polar surface area (TPSA) is 46.9 Å². The smallest absolute Gasteiger partial charge is 0.255 e. The molecule has 1 heterocycles. The Bertz CT molecular complexity index is 409. The van der Waals surface area contributed by atoms with Crippen molar-refractivity contribution in [3.8, 4) is 0 Å². The van der Waals surface area contributed by atoms with Crippen LogP contribution in [0.25, 0.3) is 0 Å². The average Bonchev–Trinajstić information content (AvgIpc) is 2.37. The number of hydrogen-bond donors (Lipinski definition) is 1. The maximum atomic E-state index is 11.7. The summed E-state index contributed by atoms with van der Waals surface area (Å²) in [6, 6.07) is 0. The zero-order chi connectivity index (χ0) is 11.6. The summed E-state index contributed by atoms with van der Waals surface area (Å²) in [5.41, 5.74) is 2.16. The fourth-order valence-electron chi connectivity index (χ4n) is 1.37. The van der Waals surface area contributed by atoms with Crippen molar-refractivity contribution in [2.24, 2.45) is 7.05 Å². The van der Waals surface area contributed by atoms with Crippen molar-refractivity contribution in [2.75, 3.05) is 6.54 Å². The summed E-state index contributed by atoms with van der Waals surface area (Å²) in [4.78, 5) is 11.7. The molecule has 0 saturated heterocycles. The van der Waals surface area contributed by atoms with E-state index in [4.69, 9.17) is 11.6 Å². The van der Waals surface area contributed by atoms with Gasteiger partial charge in [0, 0.05) is 17.8 Å². The first-order valence-electron chi connectivity index (χ1n) is 4.55. The Morgan fingerprint density at radius 1 is 1.60 bits per heavy atom. The lowest BCUT2D eigenvalue weighted by Gasteiger charge is -2.03. The highest BCUT2D eigenvalue weighted by Gasteiger charge is 2.16. The number of nitrogens with one attached hydrogen (secondary N) is 1. The second-order valence-corrected chi connectivity index (χ2v) is 3.90. The Hall–Kier alpha value is -1.29. The minimum absolute atomic E-state index is 0.167. The minimum Gasteiger partial charge on any atom is -0.347 e. The predicted molar refractivity (Wildman–Crippen MR) is 60.0 cm³/mol. The number of aromatic nitrogens is 2. The van der Waals surface area contributed by atoms with Gasteiger partial charge in [-0.15, -0.1) is 0 Å². The number of nitrogens with zero attached hydrogens (tertiary/aromatic N) is 2. The Kier molecular flexibility index (Phi) is 3.52. The van der Waals surface area contributed by atoms with Gasteiger partial charge in [0.15, 0.2) is 0 Å². The van der Waals surface area contributed by atoms with E-state index in [1.54, 1.807) is 18.7 Å². The highest BCUT2D eigenvalue weighted by molar-refractivity contribution is 6.29. The molecule has 5 heteroatoms. The van der Waals surface area contributed by atoms with Gasteiger partial charge in [-0.2, -0.15) is 5.10 Å². The summed E-state index contributed by atoms with van der Waals surface area (Å²) in [6.07, 6.45) is 0. The summed E-state index contributed by atoms with van der Waals surface area (Å²) < 4.78 is 1.68. The van der Waals surface area contributed by atoms with E-state index < -0.39 is 0 Å². The molecule has 0 spiro atoms. The zero-order valence-corrected chi connectivity index (χ0v) is 9.85. The third-order valence-corrected chi connectivity index (χ3v) is 2.31. The summed E-state index contributed by atoms with van der Waals surface area (Å²) in [6.45, 7) is 7.43. The predicted octanol–water partition coefficient (Wildman–Crippen LogP) is 1.52. The summed E-state index contributed by atoms with van der Waals surface area (Å²) in [5.74, 6) is -0.167. The summed E-state index contributed by atoms with van der Waals surface area (Å²) >= 11 is 5.56. The number of halogens is 1. The van der Waals surface area contributed by atoms with Gasteiger partial charge in [0.1, 0.15) is 0 Å². The summed E-state index contributed by atoms with van der Waals surface area (Å²) in [7, 11) is 1.81. The van der Waals surface area contributed by atoms with Crippen molar-refractivity contribution in [2.45, 2.75) is 13.8 Å². The van der Waals surface area contributed by atoms with Crippen LogP contribution in [0.3, 0.4) is 0 Å². The van der Waals surface area contributed by atoms with Crippen LogP contribution >= 0.6 is 11.6 Å². The first kappa shape index (κ1) is 11.8. The Balaban J connectivity index is 2.86. The van der Waals surface area contributed by atoms with Gasteiger partial charge in [0.05, 0.1) is 17.8 Å². The van der Waals surface area contributed by atoms with Crippen LogP contribution in [0.5, 0.6) is 0 Å². The first-order chi connectivity index (χ1) is 6.93. The van der Waals surface area contributed by atoms with Crippen LogP contribution in [0.4, 0.5) is 0 Å². The highest BCUT2D eigenvalue weighted by Crippen LogP contribution is 2.11. The van der Waals surface area contributed by atoms with Crippen molar-refractivity contribution >= 4 is 17.5 Å². The molecule has 0 bridgehead atoms. The molecular formula is C10H14ClN3O. The van der Waals surface area contributed by atoms with Gasteiger partial charge in [-0.3, -0.25) is 9.48 Å². The second-order valence-electron chi connectivity index (χ2n) is 3.37. The van der Waals surface area contributed by atoms with E-state index >= 15 is 0 Å². The van der Waals surface area contributed by atoms with E-state index in [-0.39, 0.29) is 12.5 Å². The number of carbonyl (C=O) groups is 1. The molecule has 1 rings (SSSR count). The van der Waals surface area contributed by atoms with E-state index in [0.717, 1.165) is 5.69 Å². The lowest BCUT2D eigenvalue weighted by molar-refractivity contribution is 0.0956. The van der Waals surface area contributed by atoms with Crippen LogP contribution in [0.15, 0.2) is 11.6 Å². The number of carbonyl (C=O) groups excluding carboxylic acids is 1. The Labute approximate surface area is 93.9 Å². The maximum absolute atomic E-state index is 11.7. The zero-order valence-electron chi connectivity index (χ0n) is 9.09. The van der Waals surface area contributed by atoms with Crippen LogP contribution in [0.1, 0.15) is 21.7 Å². The molecule has 0 aliphatic heterocycles. The largest absolute Gasteiger partial charge is 0.347 e. The fraction of sp³-hybridized carbons (Fsp3) is 0.400. The van der Waals surface area contributed by atoms with Crippen LogP contribution in [0.2, 0.25) is 0 Å². The van der Waals surface area contributed by atoms with E-state index in [9.17, 15) is 4.79 Å². The van der Waals surface area contributed by atoms with E-state index in [1.165, 1.54) is 0 Å². The Morgan fingerprint density at radius 2 is 2.20 bits per heavy atom. The molecule has 1 aromatic heterocycles. The third-order valence-electron chi connectivity index (χ3n) is 2.18. The van der Waals surface area contributed by atoms with Crippen molar-refractivity contribution in [1.82, 2.24) is 15.1 Å². The highest BCUT2D eigenvalue weighted by atomic mass is 35.5. The van der Waals surface area contributed by atoms with E-state index in [0.29, 0.717) is 16.3 Å². The van der Waals surface area contributed by atoms with Crippen LogP contribution < -0.4 is 5.32 Å². The van der Waals surface area contributed by atoms with Crippen LogP contribution in [-0.4, -0.2) is 22.2 Å². The minimum atomic E-state index is -0.167. The quantitative estimate of drug-likeness (QED) is 0.851. The van der Waals surface area contributed by atoms with Gasteiger partial charge in [-0.1, -0.05) is 18.2 Å². The van der Waals surface area contributed by atoms with Crippen LogP contribution in [0, 0.1) is 13.8 Å². The normalized spacial score (nSPS) is 10.1. The molecule has 0 aliphatic carbocycles. The molecule has 1 aromatic rings. The lowest BCUT2D eigenvalue weighted by Crippen LogP contribution is -2.25. The van der Waals surface area contributed by atoms with E-state index in [2.05, 4.69) is 17.0 Å². The Morgan fingerprint density at radius 3 is 2.60 bits per heavy atom. The van der Waals surface area contributed by atoms with Crippen molar-refractivity contribution in [1.29, 1.82) is 0 Å². The molecule has 0 unspecified atom stereocenters. The first-order valence-corrected chi connectivity index (χ1v) is 4.93. The fourth-order valence-corrected chi connectivity index (χ4v) is 1.43.